The summed E-state index contributed by atoms with van der Waals surface area (Å²) >= 11 is 0. The largest absolute Gasteiger partial charge is 0.309 e. The number of nitrogens with zero attached hydrogens (tertiary/aromatic N) is 1. The van der Waals surface area contributed by atoms with Gasteiger partial charge in [-0.1, -0.05) is 127 Å². The van der Waals surface area contributed by atoms with Gasteiger partial charge in [0.2, 0.25) is 0 Å². The molecule has 1 aromatic heterocycles. The third-order valence-corrected chi connectivity index (χ3v) is 9.39. The Labute approximate surface area is 251 Å². The highest BCUT2D eigenvalue weighted by atomic mass is 15.0. The van der Waals surface area contributed by atoms with Crippen LogP contribution in [0.3, 0.4) is 0 Å². The van der Waals surface area contributed by atoms with Crippen molar-refractivity contribution >= 4 is 33.0 Å². The Hall–Kier alpha value is -5.40. The zero-order valence-electron chi connectivity index (χ0n) is 23.7. The van der Waals surface area contributed by atoms with Crippen molar-refractivity contribution in [2.24, 2.45) is 11.8 Å². The van der Waals surface area contributed by atoms with Crippen LogP contribution >= 0.6 is 0 Å². The summed E-state index contributed by atoms with van der Waals surface area (Å²) in [6.07, 6.45) is 18.1. The van der Waals surface area contributed by atoms with Gasteiger partial charge in [0.15, 0.2) is 0 Å². The van der Waals surface area contributed by atoms with E-state index in [0.29, 0.717) is 11.8 Å². The van der Waals surface area contributed by atoms with E-state index in [1.165, 1.54) is 71.3 Å². The van der Waals surface area contributed by atoms with E-state index >= 15 is 0 Å². The first-order chi connectivity index (χ1) is 21.3. The molecule has 0 amide bonds. The number of para-hydroxylation sites is 2. The van der Waals surface area contributed by atoms with Crippen LogP contribution in [0, 0.1) is 11.8 Å². The van der Waals surface area contributed by atoms with Gasteiger partial charge in [-0.25, -0.2) is 0 Å². The molecule has 1 heteroatoms. The first-order valence-electron chi connectivity index (χ1n) is 15.1. The van der Waals surface area contributed by atoms with Gasteiger partial charge >= 0.3 is 0 Å². The molecule has 0 radical (unpaired) electrons. The Bertz CT molecular complexity index is 2280. The van der Waals surface area contributed by atoms with Gasteiger partial charge in [0.25, 0.3) is 0 Å². The van der Waals surface area contributed by atoms with Crippen LogP contribution in [0.25, 0.3) is 60.9 Å². The van der Waals surface area contributed by atoms with Gasteiger partial charge in [0.1, 0.15) is 0 Å². The second kappa shape index (κ2) is 9.58. The molecule has 2 atom stereocenters. The molecule has 0 fully saturated rings. The van der Waals surface area contributed by atoms with E-state index in [-0.39, 0.29) is 0 Å². The van der Waals surface area contributed by atoms with Crippen LogP contribution in [-0.4, -0.2) is 4.57 Å². The Balaban J connectivity index is 1.12. The number of benzene rings is 5. The fourth-order valence-electron chi connectivity index (χ4n) is 7.38. The SMILES string of the molecule is C1=CC2=c3ccc(-c4cccc(-c5ccc(-n6c7ccccc7c7ccccc76)cc5)c4)cc3=C3C=CC=CC3C2C=C1. The van der Waals surface area contributed by atoms with Crippen LogP contribution in [0.15, 0.2) is 164 Å². The lowest BCUT2D eigenvalue weighted by Gasteiger charge is -2.31. The van der Waals surface area contributed by atoms with E-state index in [0.717, 1.165) is 0 Å². The van der Waals surface area contributed by atoms with E-state index in [4.69, 9.17) is 0 Å². The first-order valence-corrected chi connectivity index (χ1v) is 15.1. The summed E-state index contributed by atoms with van der Waals surface area (Å²) < 4.78 is 2.37. The average Bonchev–Trinajstić information content (AvgIpc) is 3.43. The van der Waals surface area contributed by atoms with Crippen LogP contribution in [0.1, 0.15) is 0 Å². The molecular weight excluding hydrogens is 518 g/mol. The molecule has 5 aromatic carbocycles. The van der Waals surface area contributed by atoms with Gasteiger partial charge in [-0.05, 0) is 80.2 Å². The fraction of sp³-hybridized carbons (Fsp3) is 0.0476. The van der Waals surface area contributed by atoms with Gasteiger partial charge < -0.3 is 4.57 Å². The van der Waals surface area contributed by atoms with Crippen LogP contribution in [0.5, 0.6) is 0 Å². The van der Waals surface area contributed by atoms with E-state index in [9.17, 15) is 0 Å². The van der Waals surface area contributed by atoms with Gasteiger partial charge in [0, 0.05) is 28.3 Å². The molecule has 9 rings (SSSR count). The van der Waals surface area contributed by atoms with Crippen molar-refractivity contribution in [3.63, 3.8) is 0 Å². The maximum absolute atomic E-state index is 2.40. The Morgan fingerprint density at radius 3 is 1.65 bits per heavy atom. The summed E-state index contributed by atoms with van der Waals surface area (Å²) in [6, 6.07) is 42.4. The first kappa shape index (κ1) is 24.2. The third kappa shape index (κ3) is 3.78. The van der Waals surface area contributed by atoms with Gasteiger partial charge in [-0.2, -0.15) is 0 Å². The van der Waals surface area contributed by atoms with Gasteiger partial charge in [0.05, 0.1) is 11.0 Å². The lowest BCUT2D eigenvalue weighted by atomic mass is 9.72. The maximum atomic E-state index is 2.40. The van der Waals surface area contributed by atoms with Crippen molar-refractivity contribution in [1.82, 2.24) is 4.57 Å². The molecule has 3 aliphatic carbocycles. The smallest absolute Gasteiger partial charge is 0.0541 e. The topological polar surface area (TPSA) is 4.93 Å². The molecule has 0 spiro atoms. The number of hydrogen-bond acceptors (Lipinski definition) is 0. The number of hydrogen-bond donors (Lipinski definition) is 0. The molecule has 1 nitrogen and oxygen atoms in total. The highest BCUT2D eigenvalue weighted by Crippen LogP contribution is 2.37. The van der Waals surface area contributed by atoms with E-state index in [2.05, 4.69) is 168 Å². The Morgan fingerprint density at radius 1 is 0.419 bits per heavy atom. The summed E-state index contributed by atoms with van der Waals surface area (Å²) in [5, 5.41) is 5.29. The zero-order chi connectivity index (χ0) is 28.3. The van der Waals surface area contributed by atoms with Crippen molar-refractivity contribution in [3.8, 4) is 27.9 Å². The quantitative estimate of drug-likeness (QED) is 0.208. The molecule has 6 aromatic rings. The fourth-order valence-corrected chi connectivity index (χ4v) is 7.38. The van der Waals surface area contributed by atoms with E-state index in [1.807, 2.05) is 0 Å². The molecule has 2 unspecified atom stereocenters. The predicted molar refractivity (Wildman–Crippen MR) is 181 cm³/mol. The highest BCUT2D eigenvalue weighted by molar-refractivity contribution is 6.09. The van der Waals surface area contributed by atoms with Crippen LogP contribution in [-0.2, 0) is 0 Å². The Morgan fingerprint density at radius 2 is 0.977 bits per heavy atom. The summed E-state index contributed by atoms with van der Waals surface area (Å²) in [7, 11) is 0. The van der Waals surface area contributed by atoms with Crippen molar-refractivity contribution in [3.05, 3.63) is 174 Å². The van der Waals surface area contributed by atoms with Gasteiger partial charge in [-0.3, -0.25) is 0 Å². The third-order valence-electron chi connectivity index (χ3n) is 9.39. The molecule has 1 heterocycles. The second-order valence-corrected chi connectivity index (χ2v) is 11.7. The summed E-state index contributed by atoms with van der Waals surface area (Å²) in [4.78, 5) is 0. The molecule has 0 saturated carbocycles. The molecular formula is C42H29N. The Kier molecular flexibility index (Phi) is 5.39. The molecule has 3 aliphatic rings. The monoisotopic (exact) mass is 547 g/mol. The predicted octanol–water partition coefficient (Wildman–Crippen LogP) is 8.92. The lowest BCUT2D eigenvalue weighted by molar-refractivity contribution is 0.694. The number of allylic oxidation sites excluding steroid dienone is 8. The molecule has 0 bridgehead atoms. The summed E-state index contributed by atoms with van der Waals surface area (Å²) in [5.41, 5.74) is 11.4. The van der Waals surface area contributed by atoms with Crippen LogP contribution < -0.4 is 10.4 Å². The van der Waals surface area contributed by atoms with Crippen molar-refractivity contribution in [2.45, 2.75) is 0 Å². The number of rotatable bonds is 3. The van der Waals surface area contributed by atoms with Crippen molar-refractivity contribution in [1.29, 1.82) is 0 Å². The van der Waals surface area contributed by atoms with Crippen molar-refractivity contribution in [2.75, 3.05) is 0 Å². The average molecular weight is 548 g/mol. The second-order valence-electron chi connectivity index (χ2n) is 11.7. The molecule has 0 aliphatic heterocycles. The van der Waals surface area contributed by atoms with Crippen LogP contribution in [0.4, 0.5) is 0 Å². The molecule has 0 saturated heterocycles. The summed E-state index contributed by atoms with van der Waals surface area (Å²) in [5.74, 6) is 0.803. The lowest BCUT2D eigenvalue weighted by Crippen LogP contribution is -2.39. The minimum absolute atomic E-state index is 0.392. The van der Waals surface area contributed by atoms with Crippen molar-refractivity contribution < 1.29 is 0 Å². The van der Waals surface area contributed by atoms with Gasteiger partial charge in [-0.15, -0.1) is 0 Å². The minimum atomic E-state index is 0.392. The molecule has 202 valence electrons. The molecule has 0 N–H and O–H groups in total. The summed E-state index contributed by atoms with van der Waals surface area (Å²) in [6.45, 7) is 0. The number of aromatic nitrogens is 1. The maximum Gasteiger partial charge on any atom is 0.0541 e. The normalized spacial score (nSPS) is 18.2. The number of fused-ring (bicyclic) bond motifs is 7. The standard InChI is InChI=1S/C42H29N/c1-2-14-35-33(12-1)34-13-3-4-15-36(34)40-27-31(22-25-37(35)40)30-11-9-10-29(26-30)28-20-23-32(24-21-28)43-41-18-7-5-16-38(41)39-17-6-8-19-42(39)43/h1-27,33-34H. The minimum Gasteiger partial charge on any atom is -0.309 e. The molecule has 43 heavy (non-hydrogen) atoms. The van der Waals surface area contributed by atoms with E-state index < -0.39 is 0 Å². The van der Waals surface area contributed by atoms with Crippen LogP contribution in [0.2, 0.25) is 0 Å². The highest BCUT2D eigenvalue weighted by Gasteiger charge is 2.28. The van der Waals surface area contributed by atoms with E-state index in [1.54, 1.807) is 0 Å². The zero-order valence-corrected chi connectivity index (χ0v) is 23.7.